The van der Waals surface area contributed by atoms with Crippen LogP contribution in [0.4, 0.5) is 11.4 Å². The van der Waals surface area contributed by atoms with Gasteiger partial charge in [-0.1, -0.05) is 61.6 Å². The SMILES string of the molecule is CN(C)c1ccc(P(C(C)(C)C)C(C)(C)C)cc1.C[NH+](C)c1ccc([PH+](C(C)(C)C)C(C)(C)C)cc1.[HH].[HH].[Pd]. The summed E-state index contributed by atoms with van der Waals surface area (Å²) in [5.41, 5.74) is 2.64. The van der Waals surface area contributed by atoms with Gasteiger partial charge in [0.2, 0.25) is 0 Å². The Hall–Kier alpha value is -0.278. The topological polar surface area (TPSA) is 7.68 Å². The zero-order valence-electron chi connectivity index (χ0n) is 26.8. The second kappa shape index (κ2) is 13.9. The molecule has 0 saturated carbocycles. The van der Waals surface area contributed by atoms with E-state index in [0.29, 0.717) is 20.6 Å². The third-order valence-corrected chi connectivity index (χ3v) is 13.6. The van der Waals surface area contributed by atoms with E-state index >= 15 is 0 Å². The van der Waals surface area contributed by atoms with Gasteiger partial charge in [-0.2, -0.15) is 0 Å². The molecule has 2 aromatic carbocycles. The molecule has 0 saturated heterocycles. The Bertz CT molecular complexity index is 828. The summed E-state index contributed by atoms with van der Waals surface area (Å²) in [6, 6.07) is 18.4. The van der Waals surface area contributed by atoms with Gasteiger partial charge in [-0.25, -0.2) is 0 Å². The number of anilines is 1. The van der Waals surface area contributed by atoms with Gasteiger partial charge in [-0.15, -0.1) is 0 Å². The predicted octanol–water partition coefficient (Wildman–Crippen LogP) is 7.85. The second-order valence-electron chi connectivity index (χ2n) is 14.5. The maximum absolute atomic E-state index is 2.39. The molecule has 0 radical (unpaired) electrons. The van der Waals surface area contributed by atoms with Gasteiger partial charge in [-0.05, 0) is 81.4 Å². The molecule has 0 aliphatic heterocycles. The zero-order chi connectivity index (χ0) is 28.3. The first kappa shape index (κ1) is 36.7. The van der Waals surface area contributed by atoms with Gasteiger partial charge in [0.25, 0.3) is 0 Å². The van der Waals surface area contributed by atoms with Crippen molar-refractivity contribution in [3.8, 4) is 0 Å². The molecule has 0 heterocycles. The van der Waals surface area contributed by atoms with Crippen LogP contribution >= 0.6 is 15.8 Å². The number of quaternary nitrogens is 1. The molecule has 5 heteroatoms. The maximum Gasteiger partial charge on any atom is 0.131 e. The third kappa shape index (κ3) is 11.4. The van der Waals surface area contributed by atoms with Gasteiger partial charge in [0, 0.05) is 63.1 Å². The van der Waals surface area contributed by atoms with Gasteiger partial charge in [0.1, 0.15) is 5.69 Å². The summed E-state index contributed by atoms with van der Waals surface area (Å²) in [6.45, 7) is 28.5. The van der Waals surface area contributed by atoms with Crippen molar-refractivity contribution < 1.29 is 28.2 Å². The summed E-state index contributed by atoms with van der Waals surface area (Å²) in [5.74, 6) is 0. The summed E-state index contributed by atoms with van der Waals surface area (Å²) in [4.78, 5) is 3.54. The molecule has 0 aromatic heterocycles. The molecule has 1 N–H and O–H groups in total. The fraction of sp³-hybridized carbons (Fsp3) is 0.625. The number of nitrogens with one attached hydrogen (secondary N) is 1. The van der Waals surface area contributed by atoms with Gasteiger partial charge < -0.3 is 9.80 Å². The average molecular weight is 643 g/mol. The van der Waals surface area contributed by atoms with Crippen molar-refractivity contribution in [3.05, 3.63) is 48.5 Å². The van der Waals surface area contributed by atoms with E-state index in [0.717, 1.165) is 0 Å². The second-order valence-corrected chi connectivity index (χ2v) is 22.7. The van der Waals surface area contributed by atoms with Crippen molar-refractivity contribution in [2.45, 2.75) is 104 Å². The maximum atomic E-state index is 2.39. The number of rotatable bonds is 4. The first-order valence-electron chi connectivity index (χ1n) is 13.4. The molecule has 218 valence electrons. The third-order valence-electron chi connectivity index (χ3n) is 6.22. The Morgan fingerprint density at radius 3 is 1.30 bits per heavy atom. The summed E-state index contributed by atoms with van der Waals surface area (Å²) in [5, 5.41) is 4.52. The Kier molecular flexibility index (Phi) is 13.8. The molecule has 2 aromatic rings. The fourth-order valence-corrected chi connectivity index (χ4v) is 14.1. The molecule has 37 heavy (non-hydrogen) atoms. The number of nitrogens with zero attached hydrogens (tertiary/aromatic N) is 1. The van der Waals surface area contributed by atoms with Gasteiger partial charge in [-0.3, -0.25) is 0 Å². The zero-order valence-corrected chi connectivity index (χ0v) is 30.3. The van der Waals surface area contributed by atoms with Crippen molar-refractivity contribution in [2.24, 2.45) is 0 Å². The van der Waals surface area contributed by atoms with Crippen LogP contribution < -0.4 is 20.4 Å². The molecule has 0 aliphatic rings. The van der Waals surface area contributed by atoms with E-state index in [2.05, 4.69) is 165 Å². The molecule has 2 nitrogen and oxygen atoms in total. The minimum absolute atomic E-state index is 0. The quantitative estimate of drug-likeness (QED) is 0.264. The van der Waals surface area contributed by atoms with Crippen LogP contribution in [0.15, 0.2) is 48.5 Å². The molecule has 0 aliphatic carbocycles. The van der Waals surface area contributed by atoms with Crippen LogP contribution in [0.25, 0.3) is 0 Å². The Balaban J connectivity index is -0.000000617. The smallest absolute Gasteiger partial charge is 0.131 e. The summed E-state index contributed by atoms with van der Waals surface area (Å²) >= 11 is 0. The number of benzene rings is 2. The average Bonchev–Trinajstić information content (AvgIpc) is 2.65. The van der Waals surface area contributed by atoms with E-state index in [9.17, 15) is 0 Å². The summed E-state index contributed by atoms with van der Waals surface area (Å²) in [7, 11) is 7.73. The molecule has 0 bridgehead atoms. The van der Waals surface area contributed by atoms with Gasteiger partial charge in [0.15, 0.2) is 0 Å². The molecule has 0 spiro atoms. The van der Waals surface area contributed by atoms with Gasteiger partial charge in [0.05, 0.1) is 29.7 Å². The molecule has 0 fully saturated rings. The fourth-order valence-electron chi connectivity index (χ4n) is 5.64. The molecule has 0 unspecified atom stereocenters. The molecule has 0 amide bonds. The van der Waals surface area contributed by atoms with E-state index in [1.807, 2.05) is 0 Å². The minimum atomic E-state index is -0.604. The molecule has 0 atom stereocenters. The normalized spacial score (nSPS) is 12.8. The Labute approximate surface area is 250 Å². The van der Waals surface area contributed by atoms with E-state index in [1.165, 1.54) is 21.6 Å². The van der Waals surface area contributed by atoms with Gasteiger partial charge >= 0.3 is 0 Å². The molecular formula is C32H62N2P2Pd+2. The van der Waals surface area contributed by atoms with Crippen LogP contribution in [0, 0.1) is 0 Å². The monoisotopic (exact) mass is 642 g/mol. The van der Waals surface area contributed by atoms with E-state index in [1.54, 1.807) is 5.30 Å². The largest absolute Gasteiger partial charge is 0.378 e. The number of hydrogen-bond acceptors (Lipinski definition) is 1. The molecular weight excluding hydrogens is 581 g/mol. The summed E-state index contributed by atoms with van der Waals surface area (Å²) < 4.78 is 0. The van der Waals surface area contributed by atoms with Crippen molar-refractivity contribution in [3.63, 3.8) is 0 Å². The van der Waals surface area contributed by atoms with Crippen LogP contribution in [0.2, 0.25) is 0 Å². The minimum Gasteiger partial charge on any atom is -0.378 e. The summed E-state index contributed by atoms with van der Waals surface area (Å²) in [6.07, 6.45) is 0. The van der Waals surface area contributed by atoms with Crippen molar-refractivity contribution in [2.75, 3.05) is 33.1 Å². The number of hydrogen-bond donors (Lipinski definition) is 1. The van der Waals surface area contributed by atoms with Crippen LogP contribution in [-0.2, 0) is 20.4 Å². The van der Waals surface area contributed by atoms with Crippen molar-refractivity contribution >= 4 is 37.8 Å². The van der Waals surface area contributed by atoms with Crippen LogP contribution in [-0.4, -0.2) is 48.8 Å². The first-order valence-corrected chi connectivity index (χ1v) is 16.3. The molecule has 2 rings (SSSR count). The van der Waals surface area contributed by atoms with E-state index in [-0.39, 0.29) is 31.2 Å². The Morgan fingerprint density at radius 2 is 1.03 bits per heavy atom. The predicted molar refractivity (Wildman–Crippen MR) is 177 cm³/mol. The first-order chi connectivity index (χ1) is 16.1. The van der Waals surface area contributed by atoms with E-state index in [4.69, 9.17) is 0 Å². The standard InChI is InChI=1S/2C16H28NP.Pd.2H2/c2*1-15(2,3)18(16(4,5)6)14-11-9-13(10-12-14)17(7)8;;;/h2*9-12H,1-8H3;;2*1H/p+2. The van der Waals surface area contributed by atoms with Crippen molar-refractivity contribution in [1.82, 2.24) is 0 Å². The van der Waals surface area contributed by atoms with E-state index < -0.39 is 7.92 Å². The van der Waals surface area contributed by atoms with Crippen LogP contribution in [0.5, 0.6) is 0 Å². The van der Waals surface area contributed by atoms with Crippen LogP contribution in [0.3, 0.4) is 0 Å². The Morgan fingerprint density at radius 1 is 0.649 bits per heavy atom. The van der Waals surface area contributed by atoms with Crippen LogP contribution in [0.1, 0.15) is 85.9 Å². The van der Waals surface area contributed by atoms with Crippen molar-refractivity contribution in [1.29, 1.82) is 0 Å².